The molecule has 1 saturated carbocycles. The van der Waals surface area contributed by atoms with Gasteiger partial charge in [-0.2, -0.15) is 0 Å². The van der Waals surface area contributed by atoms with Crippen LogP contribution in [0.25, 0.3) is 0 Å². The molecule has 1 aromatic heterocycles. The van der Waals surface area contributed by atoms with Crippen molar-refractivity contribution in [2.24, 2.45) is 0 Å². The molecule has 148 valence electrons. The van der Waals surface area contributed by atoms with Crippen LogP contribution < -0.4 is 0 Å². The Hall–Kier alpha value is -3.34. The average Bonchev–Trinajstić information content (AvgIpc) is 3.48. The molecule has 1 heterocycles. The van der Waals surface area contributed by atoms with Gasteiger partial charge >= 0.3 is 0 Å². The van der Waals surface area contributed by atoms with E-state index < -0.39 is 0 Å². The fraction of sp³-hybridized carbons (Fsp3) is 0.250. The second-order valence-corrected chi connectivity index (χ2v) is 7.35. The summed E-state index contributed by atoms with van der Waals surface area (Å²) in [6, 6.07) is 22.9. The molecule has 0 spiro atoms. The summed E-state index contributed by atoms with van der Waals surface area (Å²) in [6.45, 7) is 0.920. The lowest BCUT2D eigenvalue weighted by Crippen LogP contribution is -2.43. The van der Waals surface area contributed by atoms with Crippen LogP contribution in [-0.2, 0) is 17.9 Å². The van der Waals surface area contributed by atoms with Gasteiger partial charge in [0.15, 0.2) is 0 Å². The summed E-state index contributed by atoms with van der Waals surface area (Å²) in [7, 11) is 0. The molecule has 4 rings (SSSR count). The van der Waals surface area contributed by atoms with Crippen LogP contribution in [0.15, 0.2) is 83.5 Å². The summed E-state index contributed by atoms with van der Waals surface area (Å²) in [4.78, 5) is 29.7. The standard InChI is InChI=1S/C24H24N2O3/c27-23(18-26(21-13-14-21)24(28)20-10-5-2-6-11-20)25(17-22-12-7-15-29-22)16-19-8-3-1-4-9-19/h1-12,15,21H,13-14,16-18H2. The third-order valence-corrected chi connectivity index (χ3v) is 5.07. The number of carbonyl (C=O) groups excluding carboxylic acids is 2. The van der Waals surface area contributed by atoms with Crippen molar-refractivity contribution in [2.45, 2.75) is 32.0 Å². The number of benzene rings is 2. The molecule has 0 radical (unpaired) electrons. The van der Waals surface area contributed by atoms with Crippen molar-refractivity contribution in [2.75, 3.05) is 6.54 Å². The summed E-state index contributed by atoms with van der Waals surface area (Å²) in [6.07, 6.45) is 3.50. The van der Waals surface area contributed by atoms with E-state index in [4.69, 9.17) is 4.42 Å². The van der Waals surface area contributed by atoms with Crippen LogP contribution in [0, 0.1) is 0 Å². The largest absolute Gasteiger partial charge is 0.467 e. The fourth-order valence-corrected chi connectivity index (χ4v) is 3.37. The van der Waals surface area contributed by atoms with Gasteiger partial charge in [0, 0.05) is 18.2 Å². The predicted molar refractivity (Wildman–Crippen MR) is 110 cm³/mol. The van der Waals surface area contributed by atoms with E-state index in [9.17, 15) is 9.59 Å². The van der Waals surface area contributed by atoms with Gasteiger partial charge in [-0.3, -0.25) is 9.59 Å². The highest BCUT2D eigenvalue weighted by Gasteiger charge is 2.35. The Kier molecular flexibility index (Phi) is 5.75. The zero-order chi connectivity index (χ0) is 20.1. The van der Waals surface area contributed by atoms with Gasteiger partial charge in [0.25, 0.3) is 5.91 Å². The van der Waals surface area contributed by atoms with Crippen LogP contribution >= 0.6 is 0 Å². The van der Waals surface area contributed by atoms with Gasteiger partial charge in [-0.1, -0.05) is 48.5 Å². The Bertz CT molecular complexity index is 935. The quantitative estimate of drug-likeness (QED) is 0.583. The van der Waals surface area contributed by atoms with Crippen molar-refractivity contribution in [3.63, 3.8) is 0 Å². The second-order valence-electron chi connectivity index (χ2n) is 7.35. The van der Waals surface area contributed by atoms with Gasteiger partial charge in [-0.25, -0.2) is 0 Å². The highest BCUT2D eigenvalue weighted by molar-refractivity contribution is 5.96. The average molecular weight is 388 g/mol. The molecule has 0 atom stereocenters. The van der Waals surface area contributed by atoms with Gasteiger partial charge in [-0.15, -0.1) is 0 Å². The minimum absolute atomic E-state index is 0.0753. The normalized spacial score (nSPS) is 13.1. The molecule has 0 unspecified atom stereocenters. The van der Waals surface area contributed by atoms with E-state index >= 15 is 0 Å². The topological polar surface area (TPSA) is 53.8 Å². The van der Waals surface area contributed by atoms with E-state index in [-0.39, 0.29) is 24.4 Å². The van der Waals surface area contributed by atoms with E-state index in [1.165, 1.54) is 0 Å². The maximum atomic E-state index is 13.2. The Morgan fingerprint density at radius 3 is 2.17 bits per heavy atom. The first-order valence-electron chi connectivity index (χ1n) is 9.91. The summed E-state index contributed by atoms with van der Waals surface area (Å²) >= 11 is 0. The first-order chi connectivity index (χ1) is 14.2. The third-order valence-electron chi connectivity index (χ3n) is 5.07. The SMILES string of the molecule is O=C(CN(C(=O)c1ccccc1)C1CC1)N(Cc1ccccc1)Cc1ccco1. The van der Waals surface area contributed by atoms with Crippen molar-refractivity contribution in [3.8, 4) is 0 Å². The van der Waals surface area contributed by atoms with Crippen LogP contribution in [0.2, 0.25) is 0 Å². The number of amides is 2. The highest BCUT2D eigenvalue weighted by Crippen LogP contribution is 2.28. The molecule has 1 aliphatic carbocycles. The lowest BCUT2D eigenvalue weighted by Gasteiger charge is -2.27. The summed E-state index contributed by atoms with van der Waals surface area (Å²) < 4.78 is 5.46. The summed E-state index contributed by atoms with van der Waals surface area (Å²) in [5.74, 6) is 0.558. The number of hydrogen-bond acceptors (Lipinski definition) is 3. The van der Waals surface area contributed by atoms with Crippen molar-refractivity contribution in [1.82, 2.24) is 9.80 Å². The smallest absolute Gasteiger partial charge is 0.254 e. The minimum atomic E-state index is -0.0842. The monoisotopic (exact) mass is 388 g/mol. The van der Waals surface area contributed by atoms with E-state index in [0.717, 1.165) is 24.2 Å². The first kappa shape index (κ1) is 19.0. The lowest BCUT2D eigenvalue weighted by molar-refractivity contribution is -0.133. The number of carbonyl (C=O) groups is 2. The molecule has 0 bridgehead atoms. The van der Waals surface area contributed by atoms with Crippen molar-refractivity contribution >= 4 is 11.8 Å². The molecule has 29 heavy (non-hydrogen) atoms. The van der Waals surface area contributed by atoms with Crippen molar-refractivity contribution in [3.05, 3.63) is 95.9 Å². The van der Waals surface area contributed by atoms with Gasteiger partial charge in [0.05, 0.1) is 12.8 Å². The van der Waals surface area contributed by atoms with Crippen LogP contribution in [0.1, 0.15) is 34.5 Å². The molecule has 2 aromatic carbocycles. The van der Waals surface area contributed by atoms with Gasteiger partial charge in [0.1, 0.15) is 12.3 Å². The molecule has 1 aliphatic rings. The zero-order valence-electron chi connectivity index (χ0n) is 16.2. The van der Waals surface area contributed by atoms with Gasteiger partial charge in [0.2, 0.25) is 5.91 Å². The molecule has 1 fully saturated rings. The molecule has 5 nitrogen and oxygen atoms in total. The number of nitrogens with zero attached hydrogens (tertiary/aromatic N) is 2. The van der Waals surface area contributed by atoms with Crippen LogP contribution in [0.3, 0.4) is 0 Å². The second kappa shape index (κ2) is 8.78. The minimum Gasteiger partial charge on any atom is -0.467 e. The molecule has 3 aromatic rings. The van der Waals surface area contributed by atoms with Gasteiger partial charge < -0.3 is 14.2 Å². The summed E-state index contributed by atoms with van der Waals surface area (Å²) in [5, 5.41) is 0. The van der Waals surface area contributed by atoms with Crippen LogP contribution in [0.5, 0.6) is 0 Å². The molecule has 0 saturated heterocycles. The molecular formula is C24H24N2O3. The van der Waals surface area contributed by atoms with E-state index in [0.29, 0.717) is 18.7 Å². The van der Waals surface area contributed by atoms with Gasteiger partial charge in [-0.05, 0) is 42.7 Å². The Labute approximate surface area is 170 Å². The molecule has 0 aliphatic heterocycles. The Morgan fingerprint density at radius 1 is 0.862 bits per heavy atom. The van der Waals surface area contributed by atoms with Crippen LogP contribution in [0.4, 0.5) is 0 Å². The van der Waals surface area contributed by atoms with Crippen molar-refractivity contribution in [1.29, 1.82) is 0 Å². The Morgan fingerprint density at radius 2 is 1.55 bits per heavy atom. The maximum absolute atomic E-state index is 13.2. The van der Waals surface area contributed by atoms with Crippen LogP contribution in [-0.4, -0.2) is 34.2 Å². The molecule has 2 amide bonds. The number of rotatable bonds is 8. The van der Waals surface area contributed by atoms with E-state index in [1.807, 2.05) is 60.7 Å². The van der Waals surface area contributed by atoms with Crippen molar-refractivity contribution < 1.29 is 14.0 Å². The maximum Gasteiger partial charge on any atom is 0.254 e. The fourth-order valence-electron chi connectivity index (χ4n) is 3.37. The molecule has 5 heteroatoms. The Balaban J connectivity index is 1.51. The lowest BCUT2D eigenvalue weighted by atomic mass is 10.2. The highest BCUT2D eigenvalue weighted by atomic mass is 16.3. The third kappa shape index (κ3) is 4.93. The number of hydrogen-bond donors (Lipinski definition) is 0. The van der Waals surface area contributed by atoms with E-state index in [1.54, 1.807) is 28.2 Å². The molecule has 0 N–H and O–H groups in total. The zero-order valence-corrected chi connectivity index (χ0v) is 16.2. The number of furan rings is 1. The first-order valence-corrected chi connectivity index (χ1v) is 9.91. The van der Waals surface area contributed by atoms with E-state index in [2.05, 4.69) is 0 Å². The summed E-state index contributed by atoms with van der Waals surface area (Å²) in [5.41, 5.74) is 1.66. The predicted octanol–water partition coefficient (Wildman–Crippen LogP) is 4.11. The molecular weight excluding hydrogens is 364 g/mol.